The van der Waals surface area contributed by atoms with Gasteiger partial charge in [-0.3, -0.25) is 4.79 Å². The lowest BCUT2D eigenvalue weighted by atomic mass is 10.1. The van der Waals surface area contributed by atoms with E-state index in [4.69, 9.17) is 0 Å². The van der Waals surface area contributed by atoms with E-state index in [0.29, 0.717) is 5.75 Å². The zero-order chi connectivity index (χ0) is 14.2. The van der Waals surface area contributed by atoms with E-state index in [-0.39, 0.29) is 5.91 Å². The number of rotatable bonds is 8. The summed E-state index contributed by atoms with van der Waals surface area (Å²) in [6.45, 7) is 3.02. The fourth-order valence-corrected chi connectivity index (χ4v) is 3.41. The van der Waals surface area contributed by atoms with E-state index in [1.165, 1.54) is 54.5 Å². The lowest BCUT2D eigenvalue weighted by Crippen LogP contribution is -2.26. The number of carbonyl (C=O) groups excluding carboxylic acids is 1. The lowest BCUT2D eigenvalue weighted by molar-refractivity contribution is -0.118. The first kappa shape index (κ1) is 15.4. The maximum Gasteiger partial charge on any atom is 0.230 e. The number of benzene rings is 1. The molecule has 0 fully saturated rings. The Labute approximate surface area is 126 Å². The van der Waals surface area contributed by atoms with Gasteiger partial charge in [0.25, 0.3) is 0 Å². The van der Waals surface area contributed by atoms with Gasteiger partial charge in [0, 0.05) is 11.4 Å². The molecule has 3 heteroatoms. The highest BCUT2D eigenvalue weighted by Gasteiger charge is 2.11. The first-order valence-electron chi connectivity index (χ1n) is 7.81. The topological polar surface area (TPSA) is 29.1 Å². The maximum atomic E-state index is 11.8. The summed E-state index contributed by atoms with van der Waals surface area (Å²) >= 11 is 1.65. The van der Waals surface area contributed by atoms with Crippen LogP contribution in [0.2, 0.25) is 0 Å². The predicted octanol–water partition coefficient (Wildman–Crippen LogP) is 3.96. The molecule has 0 unspecified atom stereocenters. The van der Waals surface area contributed by atoms with Crippen molar-refractivity contribution in [2.75, 3.05) is 12.3 Å². The van der Waals surface area contributed by atoms with Gasteiger partial charge in [0.15, 0.2) is 0 Å². The van der Waals surface area contributed by atoms with Crippen LogP contribution in [0.15, 0.2) is 23.1 Å². The monoisotopic (exact) mass is 291 g/mol. The molecule has 0 aromatic heterocycles. The second kappa shape index (κ2) is 8.35. The highest BCUT2D eigenvalue weighted by Crippen LogP contribution is 2.27. The quantitative estimate of drug-likeness (QED) is 0.580. The molecule has 0 bridgehead atoms. The van der Waals surface area contributed by atoms with Gasteiger partial charge < -0.3 is 5.32 Å². The van der Waals surface area contributed by atoms with Crippen LogP contribution in [-0.4, -0.2) is 18.2 Å². The van der Waals surface area contributed by atoms with Crippen molar-refractivity contribution in [3.63, 3.8) is 0 Å². The Kier molecular flexibility index (Phi) is 6.44. The van der Waals surface area contributed by atoms with Crippen molar-refractivity contribution in [2.45, 2.75) is 56.8 Å². The number of hydrogen-bond donors (Lipinski definition) is 1. The van der Waals surface area contributed by atoms with Crippen LogP contribution in [0.3, 0.4) is 0 Å². The molecule has 2 rings (SSSR count). The van der Waals surface area contributed by atoms with Gasteiger partial charge in [-0.1, -0.05) is 32.3 Å². The average molecular weight is 291 g/mol. The Bertz CT molecular complexity index is 445. The van der Waals surface area contributed by atoms with Crippen LogP contribution in [0.5, 0.6) is 0 Å². The minimum Gasteiger partial charge on any atom is -0.355 e. The van der Waals surface area contributed by atoms with Crippen LogP contribution in [0, 0.1) is 0 Å². The van der Waals surface area contributed by atoms with Crippen LogP contribution in [0.4, 0.5) is 0 Å². The molecule has 0 atom stereocenters. The molecular formula is C17H25NOS. The van der Waals surface area contributed by atoms with Gasteiger partial charge >= 0.3 is 0 Å². The average Bonchev–Trinajstić information content (AvgIpc) is 2.92. The Morgan fingerprint density at radius 3 is 2.90 bits per heavy atom. The molecule has 0 saturated carbocycles. The van der Waals surface area contributed by atoms with Crippen molar-refractivity contribution in [1.29, 1.82) is 0 Å². The van der Waals surface area contributed by atoms with Gasteiger partial charge in [-0.15, -0.1) is 11.8 Å². The zero-order valence-corrected chi connectivity index (χ0v) is 13.2. The van der Waals surface area contributed by atoms with Crippen molar-refractivity contribution < 1.29 is 4.79 Å². The SMILES string of the molecule is CCCCCCNC(=O)CSc1ccc2c(c1)CCC2. The molecule has 20 heavy (non-hydrogen) atoms. The van der Waals surface area contributed by atoms with E-state index in [1.54, 1.807) is 11.8 Å². The fourth-order valence-electron chi connectivity index (χ4n) is 2.62. The normalized spacial score (nSPS) is 13.2. The molecule has 1 aromatic rings. The minimum atomic E-state index is 0.159. The molecule has 1 N–H and O–H groups in total. The van der Waals surface area contributed by atoms with Gasteiger partial charge in [-0.2, -0.15) is 0 Å². The summed E-state index contributed by atoms with van der Waals surface area (Å²) in [5.41, 5.74) is 2.98. The van der Waals surface area contributed by atoms with E-state index in [0.717, 1.165) is 13.0 Å². The molecule has 1 aliphatic carbocycles. The smallest absolute Gasteiger partial charge is 0.230 e. The Hall–Kier alpha value is -0.960. The molecule has 0 radical (unpaired) electrons. The molecule has 110 valence electrons. The standard InChI is InChI=1S/C17H25NOS/c1-2-3-4-5-11-18-17(19)13-20-16-10-9-14-7-6-8-15(14)12-16/h9-10,12H,2-8,11,13H2,1H3,(H,18,19). The Morgan fingerprint density at radius 1 is 1.20 bits per heavy atom. The van der Waals surface area contributed by atoms with E-state index in [2.05, 4.69) is 30.4 Å². The molecule has 0 aliphatic heterocycles. The largest absolute Gasteiger partial charge is 0.355 e. The van der Waals surface area contributed by atoms with Gasteiger partial charge in [0.1, 0.15) is 0 Å². The third-order valence-electron chi connectivity index (χ3n) is 3.79. The van der Waals surface area contributed by atoms with E-state index in [9.17, 15) is 4.79 Å². The fraction of sp³-hybridized carbons (Fsp3) is 0.588. The third kappa shape index (κ3) is 4.86. The Morgan fingerprint density at radius 2 is 2.05 bits per heavy atom. The second-order valence-corrected chi connectivity index (χ2v) is 6.53. The predicted molar refractivity (Wildman–Crippen MR) is 86.3 cm³/mol. The summed E-state index contributed by atoms with van der Waals surface area (Å²) in [5, 5.41) is 3.00. The van der Waals surface area contributed by atoms with Gasteiger partial charge in [0.2, 0.25) is 5.91 Å². The molecule has 0 heterocycles. The highest BCUT2D eigenvalue weighted by molar-refractivity contribution is 8.00. The van der Waals surface area contributed by atoms with Crippen molar-refractivity contribution in [1.82, 2.24) is 5.32 Å². The van der Waals surface area contributed by atoms with Crippen molar-refractivity contribution in [3.05, 3.63) is 29.3 Å². The van der Waals surface area contributed by atoms with Crippen LogP contribution >= 0.6 is 11.8 Å². The van der Waals surface area contributed by atoms with E-state index < -0.39 is 0 Å². The summed E-state index contributed by atoms with van der Waals surface area (Å²) in [5.74, 6) is 0.694. The number of unbranched alkanes of at least 4 members (excludes halogenated alkanes) is 3. The molecule has 0 spiro atoms. The number of aryl methyl sites for hydroxylation is 2. The van der Waals surface area contributed by atoms with Gasteiger partial charge in [-0.25, -0.2) is 0 Å². The molecule has 1 aromatic carbocycles. The lowest BCUT2D eigenvalue weighted by Gasteiger charge is -2.06. The van der Waals surface area contributed by atoms with Crippen molar-refractivity contribution in [2.24, 2.45) is 0 Å². The van der Waals surface area contributed by atoms with Crippen LogP contribution < -0.4 is 5.32 Å². The zero-order valence-electron chi connectivity index (χ0n) is 12.4. The summed E-state index contributed by atoms with van der Waals surface area (Å²) in [6, 6.07) is 6.65. The number of hydrogen-bond acceptors (Lipinski definition) is 2. The summed E-state index contributed by atoms with van der Waals surface area (Å²) in [6.07, 6.45) is 8.52. The van der Waals surface area contributed by atoms with Crippen LogP contribution in [-0.2, 0) is 17.6 Å². The summed E-state index contributed by atoms with van der Waals surface area (Å²) < 4.78 is 0. The molecule has 1 amide bonds. The number of thioether (sulfide) groups is 1. The van der Waals surface area contributed by atoms with Crippen molar-refractivity contribution >= 4 is 17.7 Å². The number of nitrogens with one attached hydrogen (secondary N) is 1. The van der Waals surface area contributed by atoms with E-state index >= 15 is 0 Å². The summed E-state index contributed by atoms with van der Waals surface area (Å²) in [7, 11) is 0. The number of fused-ring (bicyclic) bond motifs is 1. The van der Waals surface area contributed by atoms with Crippen LogP contribution in [0.25, 0.3) is 0 Å². The third-order valence-corrected chi connectivity index (χ3v) is 4.79. The minimum absolute atomic E-state index is 0.159. The summed E-state index contributed by atoms with van der Waals surface area (Å²) in [4.78, 5) is 13.0. The van der Waals surface area contributed by atoms with Crippen molar-refractivity contribution in [3.8, 4) is 0 Å². The van der Waals surface area contributed by atoms with Crippen LogP contribution in [0.1, 0.15) is 50.2 Å². The number of amides is 1. The molecule has 0 saturated heterocycles. The first-order valence-corrected chi connectivity index (χ1v) is 8.79. The van der Waals surface area contributed by atoms with Gasteiger partial charge in [0.05, 0.1) is 5.75 Å². The molecule has 1 aliphatic rings. The highest BCUT2D eigenvalue weighted by atomic mass is 32.2. The second-order valence-electron chi connectivity index (χ2n) is 5.48. The molecular weight excluding hydrogens is 266 g/mol. The number of carbonyl (C=O) groups is 1. The maximum absolute atomic E-state index is 11.8. The molecule has 2 nitrogen and oxygen atoms in total. The first-order chi connectivity index (χ1) is 9.79. The van der Waals surface area contributed by atoms with Gasteiger partial charge in [-0.05, 0) is 48.9 Å². The Balaban J connectivity index is 1.66. The van der Waals surface area contributed by atoms with E-state index in [1.807, 2.05) is 0 Å².